The zero-order valence-electron chi connectivity index (χ0n) is 16.9. The van der Waals surface area contributed by atoms with Crippen LogP contribution in [0.5, 0.6) is 0 Å². The van der Waals surface area contributed by atoms with Crippen LogP contribution in [-0.2, 0) is 0 Å². The van der Waals surface area contributed by atoms with E-state index in [0.29, 0.717) is 11.8 Å². The molecule has 0 nitrogen and oxygen atoms in total. The van der Waals surface area contributed by atoms with Crippen LogP contribution in [0.3, 0.4) is 0 Å². The van der Waals surface area contributed by atoms with E-state index in [0.717, 1.165) is 12.8 Å². The highest BCUT2D eigenvalue weighted by atomic mass is 14.4. The summed E-state index contributed by atoms with van der Waals surface area (Å²) in [7, 11) is 0. The highest BCUT2D eigenvalue weighted by Crippen LogP contribution is 2.54. The summed E-state index contributed by atoms with van der Waals surface area (Å²) >= 11 is 0. The lowest BCUT2D eigenvalue weighted by atomic mass is 9.69. The van der Waals surface area contributed by atoms with Gasteiger partial charge in [-0.25, -0.2) is 0 Å². The quantitative estimate of drug-likeness (QED) is 0.522. The van der Waals surface area contributed by atoms with Gasteiger partial charge < -0.3 is 0 Å². The molecule has 2 aromatic rings. The van der Waals surface area contributed by atoms with Gasteiger partial charge in [-0.3, -0.25) is 0 Å². The topological polar surface area (TPSA) is 0 Å². The Bertz CT molecular complexity index is 997. The summed E-state index contributed by atoms with van der Waals surface area (Å²) in [5.74, 6) is 0.641. The van der Waals surface area contributed by atoms with Crippen molar-refractivity contribution in [3.8, 4) is 0 Å². The van der Waals surface area contributed by atoms with Crippen LogP contribution >= 0.6 is 0 Å². The Labute approximate surface area is 169 Å². The first-order valence-corrected chi connectivity index (χ1v) is 10.2. The van der Waals surface area contributed by atoms with Crippen LogP contribution in [0.15, 0.2) is 113 Å². The number of hydrogen-bond donors (Lipinski definition) is 0. The van der Waals surface area contributed by atoms with E-state index in [-0.39, 0.29) is 0 Å². The van der Waals surface area contributed by atoms with Gasteiger partial charge in [-0.15, -0.1) is 0 Å². The lowest BCUT2D eigenvalue weighted by Crippen LogP contribution is -2.20. The molecule has 0 spiro atoms. The molecule has 0 heteroatoms. The van der Waals surface area contributed by atoms with Gasteiger partial charge in [-0.1, -0.05) is 104 Å². The molecule has 2 aliphatic carbocycles. The lowest BCUT2D eigenvalue weighted by Gasteiger charge is -2.34. The van der Waals surface area contributed by atoms with Crippen LogP contribution in [0.2, 0.25) is 0 Å². The Hall–Kier alpha value is -2.86. The van der Waals surface area contributed by atoms with Crippen molar-refractivity contribution in [2.45, 2.75) is 32.6 Å². The predicted octanol–water partition coefficient (Wildman–Crippen LogP) is 7.65. The predicted molar refractivity (Wildman–Crippen MR) is 121 cm³/mol. The zero-order valence-corrected chi connectivity index (χ0v) is 16.9. The van der Waals surface area contributed by atoms with Gasteiger partial charge in [-0.05, 0) is 53.2 Å². The SMILES string of the molecule is C=C(CC)C1=C(C)C=C2C/C(=C\c3ccccc3)C(=C)C2C1c1ccccc1. The van der Waals surface area contributed by atoms with E-state index in [1.54, 1.807) is 0 Å². The van der Waals surface area contributed by atoms with Crippen molar-refractivity contribution in [1.29, 1.82) is 0 Å². The molecule has 2 unspecified atom stereocenters. The van der Waals surface area contributed by atoms with Crippen molar-refractivity contribution in [2.24, 2.45) is 5.92 Å². The second-order valence-corrected chi connectivity index (χ2v) is 7.92. The first-order valence-electron chi connectivity index (χ1n) is 10.2. The van der Waals surface area contributed by atoms with Crippen LogP contribution in [-0.4, -0.2) is 0 Å². The average Bonchev–Trinajstić information content (AvgIpc) is 3.02. The maximum atomic E-state index is 4.58. The second-order valence-electron chi connectivity index (χ2n) is 7.92. The summed E-state index contributed by atoms with van der Waals surface area (Å²) < 4.78 is 0. The normalized spacial score (nSPS) is 23.0. The van der Waals surface area contributed by atoms with E-state index in [1.807, 2.05) is 0 Å². The second kappa shape index (κ2) is 7.64. The minimum absolute atomic E-state index is 0.308. The molecule has 1 fully saturated rings. The number of fused-ring (bicyclic) bond motifs is 1. The number of rotatable bonds is 4. The molecular weight excluding hydrogens is 336 g/mol. The van der Waals surface area contributed by atoms with Crippen molar-refractivity contribution >= 4 is 6.08 Å². The van der Waals surface area contributed by atoms with E-state index in [2.05, 4.69) is 99.8 Å². The van der Waals surface area contributed by atoms with Gasteiger partial charge in [0.2, 0.25) is 0 Å². The molecule has 0 aromatic heterocycles. The lowest BCUT2D eigenvalue weighted by molar-refractivity contribution is 0.622. The molecule has 2 aliphatic rings. The highest BCUT2D eigenvalue weighted by molar-refractivity contribution is 5.67. The summed E-state index contributed by atoms with van der Waals surface area (Å²) in [5.41, 5.74) is 10.7. The molecule has 2 aromatic carbocycles. The van der Waals surface area contributed by atoms with Gasteiger partial charge in [0.1, 0.15) is 0 Å². The van der Waals surface area contributed by atoms with Crippen molar-refractivity contribution < 1.29 is 0 Å². The summed E-state index contributed by atoms with van der Waals surface area (Å²) in [6.07, 6.45) is 6.68. The molecule has 0 saturated heterocycles. The standard InChI is InChI=1S/C28H28/c1-5-19(2)26-20(3)16-25-18-24(17-22-12-8-6-9-13-22)21(4)27(25)28(26)23-14-10-7-11-15-23/h6-17,27-28H,2,4-5,18H2,1,3H3/b24-17+. The van der Waals surface area contributed by atoms with Crippen molar-refractivity contribution in [3.63, 3.8) is 0 Å². The Morgan fingerprint density at radius 1 is 1.00 bits per heavy atom. The molecule has 0 radical (unpaired) electrons. The molecule has 0 heterocycles. The first-order chi connectivity index (χ1) is 13.6. The Kier molecular flexibility index (Phi) is 5.05. The fraction of sp³-hybridized carbons (Fsp3) is 0.214. The smallest absolute Gasteiger partial charge is 0.0201 e. The third kappa shape index (κ3) is 3.24. The minimum Gasteiger partial charge on any atom is -0.0955 e. The maximum absolute atomic E-state index is 4.58. The molecule has 140 valence electrons. The maximum Gasteiger partial charge on any atom is 0.0201 e. The molecule has 0 N–H and O–H groups in total. The van der Waals surface area contributed by atoms with Crippen LogP contribution in [0, 0.1) is 5.92 Å². The molecule has 2 atom stereocenters. The molecule has 28 heavy (non-hydrogen) atoms. The highest BCUT2D eigenvalue weighted by Gasteiger charge is 2.40. The first kappa shape index (κ1) is 18.5. The Balaban J connectivity index is 1.81. The summed E-state index contributed by atoms with van der Waals surface area (Å²) in [6.45, 7) is 13.4. The molecular formula is C28H28. The molecule has 0 aliphatic heterocycles. The number of allylic oxidation sites excluding steroid dienone is 7. The summed E-state index contributed by atoms with van der Waals surface area (Å²) in [4.78, 5) is 0. The molecule has 0 bridgehead atoms. The van der Waals surface area contributed by atoms with Gasteiger partial charge in [0.15, 0.2) is 0 Å². The molecule has 1 saturated carbocycles. The van der Waals surface area contributed by atoms with Gasteiger partial charge in [0.05, 0.1) is 0 Å². The Morgan fingerprint density at radius 3 is 2.29 bits per heavy atom. The van der Waals surface area contributed by atoms with E-state index in [9.17, 15) is 0 Å². The molecule has 4 rings (SSSR count). The van der Waals surface area contributed by atoms with Gasteiger partial charge in [-0.2, -0.15) is 0 Å². The van der Waals surface area contributed by atoms with Crippen molar-refractivity contribution in [2.75, 3.05) is 0 Å². The summed E-state index contributed by atoms with van der Waals surface area (Å²) in [5, 5.41) is 0. The van der Waals surface area contributed by atoms with E-state index in [1.165, 1.54) is 44.6 Å². The van der Waals surface area contributed by atoms with Crippen LogP contribution in [0.4, 0.5) is 0 Å². The monoisotopic (exact) mass is 364 g/mol. The fourth-order valence-corrected chi connectivity index (χ4v) is 4.79. The van der Waals surface area contributed by atoms with Crippen molar-refractivity contribution in [3.05, 3.63) is 124 Å². The Morgan fingerprint density at radius 2 is 1.64 bits per heavy atom. The van der Waals surface area contributed by atoms with Gasteiger partial charge in [0, 0.05) is 11.8 Å². The van der Waals surface area contributed by atoms with E-state index >= 15 is 0 Å². The van der Waals surface area contributed by atoms with E-state index in [4.69, 9.17) is 0 Å². The zero-order chi connectivity index (χ0) is 19.7. The average molecular weight is 365 g/mol. The van der Waals surface area contributed by atoms with Gasteiger partial charge >= 0.3 is 0 Å². The third-order valence-corrected chi connectivity index (χ3v) is 6.16. The minimum atomic E-state index is 0.308. The summed E-state index contributed by atoms with van der Waals surface area (Å²) in [6, 6.07) is 21.5. The number of hydrogen-bond acceptors (Lipinski definition) is 0. The fourth-order valence-electron chi connectivity index (χ4n) is 4.79. The molecule has 0 amide bonds. The number of benzene rings is 2. The third-order valence-electron chi connectivity index (χ3n) is 6.16. The van der Waals surface area contributed by atoms with Crippen LogP contribution < -0.4 is 0 Å². The van der Waals surface area contributed by atoms with Gasteiger partial charge in [0.25, 0.3) is 0 Å². The van der Waals surface area contributed by atoms with E-state index < -0.39 is 0 Å². The van der Waals surface area contributed by atoms with Crippen molar-refractivity contribution in [1.82, 2.24) is 0 Å². The van der Waals surface area contributed by atoms with Crippen LogP contribution in [0.1, 0.15) is 43.7 Å². The largest absolute Gasteiger partial charge is 0.0955 e. The van der Waals surface area contributed by atoms with Crippen LogP contribution in [0.25, 0.3) is 6.08 Å².